The summed E-state index contributed by atoms with van der Waals surface area (Å²) in [6, 6.07) is 9.07. The highest BCUT2D eigenvalue weighted by Gasteiger charge is 2.20. The van der Waals surface area contributed by atoms with Crippen molar-refractivity contribution in [1.82, 2.24) is 0 Å². The molecule has 1 fully saturated rings. The van der Waals surface area contributed by atoms with Crippen LogP contribution in [0.4, 0.5) is 0 Å². The molecule has 0 N–H and O–H groups in total. The number of nitriles is 1. The van der Waals surface area contributed by atoms with Gasteiger partial charge in [0.2, 0.25) is 0 Å². The van der Waals surface area contributed by atoms with Gasteiger partial charge in [0, 0.05) is 6.07 Å². The summed E-state index contributed by atoms with van der Waals surface area (Å²) in [5.74, 6) is 0.740. The molecule has 1 heteroatoms. The van der Waals surface area contributed by atoms with Crippen LogP contribution in [0.2, 0.25) is 0 Å². The summed E-state index contributed by atoms with van der Waals surface area (Å²) in [5, 5.41) is 8.68. The quantitative estimate of drug-likeness (QED) is 0.635. The fourth-order valence-corrected chi connectivity index (χ4v) is 1.83. The second-order valence-electron chi connectivity index (χ2n) is 3.72. The van der Waals surface area contributed by atoms with Crippen LogP contribution in [0.25, 0.3) is 0 Å². The van der Waals surface area contributed by atoms with Gasteiger partial charge in [0.05, 0.1) is 11.6 Å². The summed E-state index contributed by atoms with van der Waals surface area (Å²) in [6.07, 6.45) is 3.96. The lowest BCUT2D eigenvalue weighted by Crippen LogP contribution is -2.10. The number of rotatable bonds is 1. The molecular weight excluding hydrogens is 158 g/mol. The molecule has 0 saturated heterocycles. The van der Waals surface area contributed by atoms with E-state index in [9.17, 15) is 0 Å². The third kappa shape index (κ3) is 1.45. The van der Waals surface area contributed by atoms with E-state index in [1.807, 2.05) is 12.1 Å². The second-order valence-corrected chi connectivity index (χ2v) is 3.72. The summed E-state index contributed by atoms with van der Waals surface area (Å²) in [7, 11) is 0. The van der Waals surface area contributed by atoms with Crippen LogP contribution in [0.3, 0.4) is 0 Å². The molecule has 0 aromatic heterocycles. The number of hydrogen-bond donors (Lipinski definition) is 0. The molecule has 2 rings (SSSR count). The molecule has 1 saturated carbocycles. The average Bonchev–Trinajstić information content (AvgIpc) is 2.05. The van der Waals surface area contributed by atoms with Gasteiger partial charge in [0.25, 0.3) is 0 Å². The van der Waals surface area contributed by atoms with E-state index in [1.165, 1.54) is 30.4 Å². The van der Waals surface area contributed by atoms with Gasteiger partial charge < -0.3 is 0 Å². The smallest absolute Gasteiger partial charge is 0.0998 e. The van der Waals surface area contributed by atoms with Crippen molar-refractivity contribution in [3.8, 4) is 6.07 Å². The molecule has 0 amide bonds. The van der Waals surface area contributed by atoms with Crippen molar-refractivity contribution >= 4 is 0 Å². The molecule has 13 heavy (non-hydrogen) atoms. The van der Waals surface area contributed by atoms with Gasteiger partial charge in [-0.2, -0.15) is 5.26 Å². The van der Waals surface area contributed by atoms with Gasteiger partial charge in [-0.1, -0.05) is 6.42 Å². The molecule has 0 bridgehead atoms. The normalized spacial score (nSPS) is 16.3. The van der Waals surface area contributed by atoms with Crippen LogP contribution in [0.5, 0.6) is 0 Å². The van der Waals surface area contributed by atoms with Crippen LogP contribution < -0.4 is 0 Å². The Labute approximate surface area is 79.0 Å². The maximum Gasteiger partial charge on any atom is 0.0998 e. The number of nitrogens with zero attached hydrogens (tertiary/aromatic N) is 1. The molecule has 0 atom stereocenters. The SMILES string of the molecule is Cc1cc(C#N)[c]cc1C1CCC1. The zero-order valence-electron chi connectivity index (χ0n) is 7.80. The van der Waals surface area contributed by atoms with E-state index in [2.05, 4.69) is 19.1 Å². The summed E-state index contributed by atoms with van der Waals surface area (Å²) in [6.45, 7) is 2.09. The minimum Gasteiger partial charge on any atom is -0.192 e. The van der Waals surface area contributed by atoms with Gasteiger partial charge in [-0.25, -0.2) is 0 Å². The molecule has 0 aliphatic heterocycles. The molecular formula is C12H12N. The number of benzene rings is 1. The molecule has 65 valence electrons. The monoisotopic (exact) mass is 170 g/mol. The molecule has 1 aliphatic carbocycles. The zero-order chi connectivity index (χ0) is 9.26. The molecule has 0 heterocycles. The van der Waals surface area contributed by atoms with E-state index >= 15 is 0 Å². The van der Waals surface area contributed by atoms with E-state index in [4.69, 9.17) is 5.26 Å². The van der Waals surface area contributed by atoms with Gasteiger partial charge in [0.1, 0.15) is 0 Å². The van der Waals surface area contributed by atoms with Crippen molar-refractivity contribution in [1.29, 1.82) is 5.26 Å². The van der Waals surface area contributed by atoms with Gasteiger partial charge in [-0.05, 0) is 48.9 Å². The lowest BCUT2D eigenvalue weighted by molar-refractivity contribution is 0.418. The van der Waals surface area contributed by atoms with Gasteiger partial charge in [-0.3, -0.25) is 0 Å². The van der Waals surface area contributed by atoms with Crippen LogP contribution in [0.1, 0.15) is 41.9 Å². The standard InChI is InChI=1S/C12H12N/c1-9-7-10(8-13)5-6-12(9)11-3-2-4-11/h6-7,11H,2-4H2,1H3. The summed E-state index contributed by atoms with van der Waals surface area (Å²) in [4.78, 5) is 0. The second kappa shape index (κ2) is 3.22. The maximum absolute atomic E-state index is 8.68. The fourth-order valence-electron chi connectivity index (χ4n) is 1.83. The highest BCUT2D eigenvalue weighted by molar-refractivity contribution is 5.38. The van der Waals surface area contributed by atoms with Gasteiger partial charge in [0.15, 0.2) is 0 Å². The largest absolute Gasteiger partial charge is 0.192 e. The van der Waals surface area contributed by atoms with E-state index < -0.39 is 0 Å². The van der Waals surface area contributed by atoms with Crippen LogP contribution in [0.15, 0.2) is 12.1 Å². The van der Waals surface area contributed by atoms with Crippen molar-refractivity contribution in [2.24, 2.45) is 0 Å². The Balaban J connectivity index is 2.32. The van der Waals surface area contributed by atoms with Crippen molar-refractivity contribution in [2.75, 3.05) is 0 Å². The summed E-state index contributed by atoms with van der Waals surface area (Å²) < 4.78 is 0. The van der Waals surface area contributed by atoms with Crippen molar-refractivity contribution in [3.05, 3.63) is 34.9 Å². The van der Waals surface area contributed by atoms with Gasteiger partial charge in [-0.15, -0.1) is 0 Å². The molecule has 1 radical (unpaired) electrons. The lowest BCUT2D eigenvalue weighted by atomic mass is 9.78. The predicted molar refractivity (Wildman–Crippen MR) is 51.3 cm³/mol. The molecule has 1 aliphatic rings. The minimum absolute atomic E-state index is 0.653. The predicted octanol–water partition coefficient (Wildman–Crippen LogP) is 2.93. The van der Waals surface area contributed by atoms with Crippen LogP contribution in [-0.4, -0.2) is 0 Å². The zero-order valence-corrected chi connectivity index (χ0v) is 7.80. The average molecular weight is 170 g/mol. The lowest BCUT2D eigenvalue weighted by Gasteiger charge is -2.27. The minimum atomic E-state index is 0.653. The Morgan fingerprint density at radius 1 is 1.54 bits per heavy atom. The van der Waals surface area contributed by atoms with Crippen LogP contribution in [0, 0.1) is 24.3 Å². The molecule has 0 spiro atoms. The Bertz CT molecular complexity index is 356. The van der Waals surface area contributed by atoms with E-state index in [0.717, 1.165) is 5.92 Å². The highest BCUT2D eigenvalue weighted by atomic mass is 14.3. The van der Waals surface area contributed by atoms with Crippen LogP contribution in [-0.2, 0) is 0 Å². The molecule has 1 nitrogen and oxygen atoms in total. The third-order valence-electron chi connectivity index (χ3n) is 2.86. The first-order chi connectivity index (χ1) is 6.31. The third-order valence-corrected chi connectivity index (χ3v) is 2.86. The van der Waals surface area contributed by atoms with E-state index in [0.29, 0.717) is 5.56 Å². The number of hydrogen-bond acceptors (Lipinski definition) is 1. The van der Waals surface area contributed by atoms with Gasteiger partial charge >= 0.3 is 0 Å². The van der Waals surface area contributed by atoms with E-state index in [1.54, 1.807) is 0 Å². The molecule has 1 aromatic carbocycles. The Morgan fingerprint density at radius 2 is 2.31 bits per heavy atom. The Hall–Kier alpha value is -1.29. The molecule has 0 unspecified atom stereocenters. The topological polar surface area (TPSA) is 23.8 Å². The van der Waals surface area contributed by atoms with E-state index in [-0.39, 0.29) is 0 Å². The first kappa shape index (κ1) is 8.31. The first-order valence-electron chi connectivity index (χ1n) is 4.73. The maximum atomic E-state index is 8.68. The molecule has 1 aromatic rings. The number of aryl methyl sites for hydroxylation is 1. The van der Waals surface area contributed by atoms with Crippen molar-refractivity contribution < 1.29 is 0 Å². The Morgan fingerprint density at radius 3 is 2.77 bits per heavy atom. The van der Waals surface area contributed by atoms with Crippen molar-refractivity contribution in [2.45, 2.75) is 32.1 Å². The fraction of sp³-hybridized carbons (Fsp3) is 0.417. The first-order valence-corrected chi connectivity index (χ1v) is 4.73. The highest BCUT2D eigenvalue weighted by Crippen LogP contribution is 2.37. The Kier molecular flexibility index (Phi) is 2.06. The van der Waals surface area contributed by atoms with Crippen LogP contribution >= 0.6 is 0 Å². The summed E-state index contributed by atoms with van der Waals surface area (Å²) >= 11 is 0. The summed E-state index contributed by atoms with van der Waals surface area (Å²) in [5.41, 5.74) is 3.30. The van der Waals surface area contributed by atoms with Crippen molar-refractivity contribution in [3.63, 3.8) is 0 Å².